The minimum absolute atomic E-state index is 0.109. The van der Waals surface area contributed by atoms with Gasteiger partial charge in [0.25, 0.3) is 5.91 Å². The van der Waals surface area contributed by atoms with Crippen molar-refractivity contribution in [2.75, 3.05) is 13.6 Å². The number of hydrogen-bond acceptors (Lipinski definition) is 5. The van der Waals surface area contributed by atoms with Gasteiger partial charge in [-0.1, -0.05) is 42.5 Å². The van der Waals surface area contributed by atoms with E-state index < -0.39 is 28.3 Å². The SMILES string of the molecule is CN(CC(=O)N/N=C\c1ccccc1OCc1ccccc1)S(=O)(=O)c1ccc(F)cc1. The summed E-state index contributed by atoms with van der Waals surface area (Å²) in [6.07, 6.45) is 1.42. The van der Waals surface area contributed by atoms with Gasteiger partial charge in [-0.3, -0.25) is 4.79 Å². The summed E-state index contributed by atoms with van der Waals surface area (Å²) < 4.78 is 44.7. The van der Waals surface area contributed by atoms with Crippen molar-refractivity contribution >= 4 is 22.1 Å². The molecule has 1 amide bonds. The fraction of sp³-hybridized carbons (Fsp3) is 0.130. The first-order chi connectivity index (χ1) is 15.4. The van der Waals surface area contributed by atoms with Gasteiger partial charge in [0.05, 0.1) is 17.7 Å². The van der Waals surface area contributed by atoms with E-state index in [0.717, 1.165) is 34.1 Å². The van der Waals surface area contributed by atoms with Crippen LogP contribution >= 0.6 is 0 Å². The van der Waals surface area contributed by atoms with Crippen LogP contribution in [0.1, 0.15) is 11.1 Å². The number of amides is 1. The Labute approximate surface area is 186 Å². The molecule has 1 N–H and O–H groups in total. The van der Waals surface area contributed by atoms with Gasteiger partial charge in [0.2, 0.25) is 10.0 Å². The molecule has 166 valence electrons. The Morgan fingerprint density at radius 2 is 1.69 bits per heavy atom. The van der Waals surface area contributed by atoms with Gasteiger partial charge in [-0.15, -0.1) is 0 Å². The maximum Gasteiger partial charge on any atom is 0.255 e. The van der Waals surface area contributed by atoms with Crippen molar-refractivity contribution in [2.45, 2.75) is 11.5 Å². The largest absolute Gasteiger partial charge is 0.488 e. The Hall–Kier alpha value is -3.56. The summed E-state index contributed by atoms with van der Waals surface area (Å²) in [5, 5.41) is 3.90. The molecular formula is C23H22FN3O4S. The summed E-state index contributed by atoms with van der Waals surface area (Å²) in [5.74, 6) is -0.589. The lowest BCUT2D eigenvalue weighted by atomic mass is 10.2. The Morgan fingerprint density at radius 1 is 1.03 bits per heavy atom. The predicted octanol–water partition coefficient (Wildman–Crippen LogP) is 3.18. The van der Waals surface area contributed by atoms with Crippen LogP contribution in [0.25, 0.3) is 0 Å². The van der Waals surface area contributed by atoms with Gasteiger partial charge in [-0.2, -0.15) is 9.41 Å². The zero-order chi connectivity index (χ0) is 23.0. The molecule has 0 heterocycles. The molecule has 9 heteroatoms. The summed E-state index contributed by atoms with van der Waals surface area (Å²) in [5.41, 5.74) is 3.97. The molecular weight excluding hydrogens is 433 g/mol. The number of carbonyl (C=O) groups is 1. The van der Waals surface area contributed by atoms with Crippen LogP contribution in [-0.4, -0.2) is 38.4 Å². The molecule has 0 atom stereocenters. The lowest BCUT2D eigenvalue weighted by Gasteiger charge is -2.16. The fourth-order valence-electron chi connectivity index (χ4n) is 2.74. The monoisotopic (exact) mass is 455 g/mol. The van der Waals surface area contributed by atoms with Crippen molar-refractivity contribution in [3.63, 3.8) is 0 Å². The summed E-state index contributed by atoms with van der Waals surface area (Å²) >= 11 is 0. The normalized spacial score (nSPS) is 11.6. The number of rotatable bonds is 9. The number of para-hydroxylation sites is 1. The van der Waals surface area contributed by atoms with Gasteiger partial charge in [-0.05, 0) is 42.0 Å². The minimum Gasteiger partial charge on any atom is -0.488 e. The molecule has 32 heavy (non-hydrogen) atoms. The van der Waals surface area contributed by atoms with Crippen LogP contribution in [0.5, 0.6) is 5.75 Å². The second-order valence-corrected chi connectivity index (χ2v) is 8.87. The molecule has 0 aromatic heterocycles. The molecule has 0 aliphatic heterocycles. The maximum atomic E-state index is 13.0. The van der Waals surface area contributed by atoms with Crippen LogP contribution in [0.4, 0.5) is 4.39 Å². The van der Waals surface area contributed by atoms with Crippen molar-refractivity contribution < 1.29 is 22.3 Å². The van der Waals surface area contributed by atoms with E-state index in [4.69, 9.17) is 4.74 Å². The van der Waals surface area contributed by atoms with Crippen molar-refractivity contribution in [2.24, 2.45) is 5.10 Å². The first kappa shape index (κ1) is 23.1. The van der Waals surface area contributed by atoms with Crippen molar-refractivity contribution in [1.82, 2.24) is 9.73 Å². The first-order valence-electron chi connectivity index (χ1n) is 9.66. The number of hydrogen-bond donors (Lipinski definition) is 1. The third-order valence-corrected chi connectivity index (χ3v) is 6.25. The average molecular weight is 456 g/mol. The Kier molecular flexibility index (Phi) is 7.69. The van der Waals surface area contributed by atoms with Crippen molar-refractivity contribution in [1.29, 1.82) is 0 Å². The number of sulfonamides is 1. The molecule has 7 nitrogen and oxygen atoms in total. The van der Waals surface area contributed by atoms with E-state index in [1.54, 1.807) is 12.1 Å². The molecule has 3 aromatic carbocycles. The third-order valence-electron chi connectivity index (χ3n) is 4.44. The quantitative estimate of drug-likeness (QED) is 0.397. The van der Waals surface area contributed by atoms with Crippen LogP contribution < -0.4 is 10.2 Å². The lowest BCUT2D eigenvalue weighted by molar-refractivity contribution is -0.121. The molecule has 0 saturated carbocycles. The third kappa shape index (κ3) is 6.22. The smallest absolute Gasteiger partial charge is 0.255 e. The Morgan fingerprint density at radius 3 is 2.41 bits per heavy atom. The second-order valence-electron chi connectivity index (χ2n) is 6.82. The number of ether oxygens (including phenoxy) is 1. The highest BCUT2D eigenvalue weighted by atomic mass is 32.2. The maximum absolute atomic E-state index is 13.0. The number of benzene rings is 3. The number of carbonyl (C=O) groups excluding carboxylic acids is 1. The van der Waals surface area contributed by atoms with Crippen LogP contribution in [0.2, 0.25) is 0 Å². The number of nitrogens with zero attached hydrogens (tertiary/aromatic N) is 2. The van der Waals surface area contributed by atoms with Crippen LogP contribution in [-0.2, 0) is 21.4 Å². The average Bonchev–Trinajstić information content (AvgIpc) is 2.79. The van der Waals surface area contributed by atoms with E-state index in [0.29, 0.717) is 17.9 Å². The Balaban J connectivity index is 1.57. The molecule has 0 unspecified atom stereocenters. The molecule has 0 bridgehead atoms. The van der Waals surface area contributed by atoms with Crippen molar-refractivity contribution in [3.8, 4) is 5.75 Å². The van der Waals surface area contributed by atoms with E-state index in [9.17, 15) is 17.6 Å². The highest BCUT2D eigenvalue weighted by molar-refractivity contribution is 7.89. The number of nitrogens with one attached hydrogen (secondary N) is 1. The second kappa shape index (κ2) is 10.7. The zero-order valence-corrected chi connectivity index (χ0v) is 18.1. The molecule has 0 aliphatic carbocycles. The van der Waals surface area contributed by atoms with Gasteiger partial charge < -0.3 is 4.74 Å². The summed E-state index contributed by atoms with van der Waals surface area (Å²) in [6.45, 7) is -0.0761. The predicted molar refractivity (Wildman–Crippen MR) is 119 cm³/mol. The van der Waals surface area contributed by atoms with E-state index in [2.05, 4.69) is 10.5 Å². The molecule has 0 radical (unpaired) electrons. The van der Waals surface area contributed by atoms with Gasteiger partial charge in [0.1, 0.15) is 18.2 Å². The molecule has 3 aromatic rings. The summed E-state index contributed by atoms with van der Waals surface area (Å²) in [6, 6.07) is 21.3. The molecule has 0 aliphatic rings. The van der Waals surface area contributed by atoms with Gasteiger partial charge in [0, 0.05) is 12.6 Å². The topological polar surface area (TPSA) is 88.1 Å². The minimum atomic E-state index is -3.93. The lowest BCUT2D eigenvalue weighted by Crippen LogP contribution is -2.36. The van der Waals surface area contributed by atoms with E-state index in [1.165, 1.54) is 13.3 Å². The van der Waals surface area contributed by atoms with E-state index >= 15 is 0 Å². The van der Waals surface area contributed by atoms with Gasteiger partial charge >= 0.3 is 0 Å². The van der Waals surface area contributed by atoms with Crippen LogP contribution in [0.15, 0.2) is 88.9 Å². The van der Waals surface area contributed by atoms with Crippen LogP contribution in [0.3, 0.4) is 0 Å². The standard InChI is InChI=1S/C23H22FN3O4S/c1-27(32(29,30)21-13-11-20(24)12-14-21)16-23(28)26-25-15-19-9-5-6-10-22(19)31-17-18-7-3-2-4-8-18/h2-15H,16-17H2,1H3,(H,26,28)/b25-15-. The van der Waals surface area contributed by atoms with E-state index in [-0.39, 0.29) is 4.90 Å². The van der Waals surface area contributed by atoms with Crippen molar-refractivity contribution in [3.05, 3.63) is 95.8 Å². The first-order valence-corrected chi connectivity index (χ1v) is 11.1. The molecule has 3 rings (SSSR count). The molecule has 0 fully saturated rings. The summed E-state index contributed by atoms with van der Waals surface area (Å²) in [4.78, 5) is 12.0. The number of likely N-dealkylation sites (N-methyl/N-ethyl adjacent to an activating group) is 1. The molecule has 0 spiro atoms. The Bertz CT molecular complexity index is 1180. The number of halogens is 1. The van der Waals surface area contributed by atoms with Crippen LogP contribution in [0, 0.1) is 5.82 Å². The van der Waals surface area contributed by atoms with Gasteiger partial charge in [-0.25, -0.2) is 18.2 Å². The highest BCUT2D eigenvalue weighted by Gasteiger charge is 2.22. The highest BCUT2D eigenvalue weighted by Crippen LogP contribution is 2.18. The van der Waals surface area contributed by atoms with E-state index in [1.807, 2.05) is 42.5 Å². The fourth-order valence-corrected chi connectivity index (χ4v) is 3.86. The summed E-state index contributed by atoms with van der Waals surface area (Å²) in [7, 11) is -2.68. The zero-order valence-electron chi connectivity index (χ0n) is 17.3. The number of hydrazone groups is 1. The molecule has 0 saturated heterocycles. The van der Waals surface area contributed by atoms with Gasteiger partial charge in [0.15, 0.2) is 0 Å².